The number of rotatable bonds is 6. The normalized spacial score (nSPS) is 10.4. The monoisotopic (exact) mass is 333 g/mol. The van der Waals surface area contributed by atoms with Crippen molar-refractivity contribution in [3.63, 3.8) is 0 Å². The molecule has 126 valence electrons. The van der Waals surface area contributed by atoms with Crippen LogP contribution in [0.3, 0.4) is 0 Å². The second kappa shape index (κ2) is 7.57. The second-order valence-corrected chi connectivity index (χ2v) is 5.72. The van der Waals surface area contributed by atoms with Crippen LogP contribution in [0.2, 0.25) is 0 Å². The number of aryl methyl sites for hydroxylation is 1. The minimum atomic E-state index is -0.101. The molecule has 0 atom stereocenters. The third kappa shape index (κ3) is 4.01. The van der Waals surface area contributed by atoms with Crippen molar-refractivity contribution >= 4 is 5.91 Å². The van der Waals surface area contributed by atoms with E-state index >= 15 is 0 Å². The molecule has 2 aromatic carbocycles. The highest BCUT2D eigenvalue weighted by atomic mass is 16.5. The number of hydrogen-bond donors (Lipinski definition) is 0. The van der Waals surface area contributed by atoms with Crippen LogP contribution in [0.4, 0.5) is 0 Å². The Morgan fingerprint density at radius 2 is 1.88 bits per heavy atom. The van der Waals surface area contributed by atoms with Gasteiger partial charge >= 0.3 is 0 Å². The van der Waals surface area contributed by atoms with Gasteiger partial charge in [0.15, 0.2) is 0 Å². The molecule has 0 N–H and O–H groups in total. The van der Waals surface area contributed by atoms with Gasteiger partial charge in [0.05, 0.1) is 0 Å². The summed E-state index contributed by atoms with van der Waals surface area (Å²) in [6.07, 6.45) is 1.68. The van der Waals surface area contributed by atoms with Crippen LogP contribution in [-0.2, 0) is 6.54 Å². The third-order valence-corrected chi connectivity index (χ3v) is 3.76. The summed E-state index contributed by atoms with van der Waals surface area (Å²) in [6.45, 7) is 6.37. The summed E-state index contributed by atoms with van der Waals surface area (Å²) in [5.74, 6) is 0.804. The number of benzene rings is 2. The molecule has 0 saturated carbocycles. The summed E-state index contributed by atoms with van der Waals surface area (Å²) < 4.78 is 5.32. The molecule has 0 spiro atoms. The molecule has 1 amide bonds. The van der Waals surface area contributed by atoms with Gasteiger partial charge in [-0.15, -0.1) is 6.58 Å². The van der Waals surface area contributed by atoms with E-state index in [4.69, 9.17) is 4.52 Å². The smallest absolute Gasteiger partial charge is 0.254 e. The van der Waals surface area contributed by atoms with Crippen LogP contribution in [0, 0.1) is 6.92 Å². The molecular formula is C20H19N3O2. The highest BCUT2D eigenvalue weighted by Gasteiger charge is 2.18. The first-order chi connectivity index (χ1) is 12.2. The first-order valence-corrected chi connectivity index (χ1v) is 8.02. The van der Waals surface area contributed by atoms with Crippen molar-refractivity contribution in [2.75, 3.05) is 6.54 Å². The lowest BCUT2D eigenvalue weighted by Crippen LogP contribution is -2.30. The Bertz CT molecular complexity index is 854. The van der Waals surface area contributed by atoms with E-state index in [9.17, 15) is 4.79 Å². The zero-order chi connectivity index (χ0) is 17.6. The zero-order valence-corrected chi connectivity index (χ0v) is 14.1. The largest absolute Gasteiger partial charge is 0.337 e. The van der Waals surface area contributed by atoms with E-state index in [0.717, 1.165) is 11.1 Å². The average Bonchev–Trinajstić information content (AvgIpc) is 3.11. The van der Waals surface area contributed by atoms with E-state index in [2.05, 4.69) is 16.7 Å². The summed E-state index contributed by atoms with van der Waals surface area (Å²) in [6, 6.07) is 17.0. The van der Waals surface area contributed by atoms with Gasteiger partial charge in [-0.3, -0.25) is 4.79 Å². The predicted octanol–water partition coefficient (Wildman–Crippen LogP) is 3.87. The molecule has 0 unspecified atom stereocenters. The number of carbonyl (C=O) groups excluding carboxylic acids is 1. The van der Waals surface area contributed by atoms with Crippen LogP contribution < -0.4 is 0 Å². The van der Waals surface area contributed by atoms with Gasteiger partial charge in [0.2, 0.25) is 11.7 Å². The van der Waals surface area contributed by atoms with Crippen molar-refractivity contribution in [3.05, 3.63) is 84.3 Å². The van der Waals surface area contributed by atoms with Gasteiger partial charge in [0.25, 0.3) is 5.91 Å². The molecule has 0 aliphatic heterocycles. The zero-order valence-electron chi connectivity index (χ0n) is 14.1. The van der Waals surface area contributed by atoms with E-state index in [1.807, 2.05) is 49.4 Å². The Balaban J connectivity index is 1.78. The van der Waals surface area contributed by atoms with Gasteiger partial charge < -0.3 is 9.42 Å². The standard InChI is InChI=1S/C20H19N3O2/c1-3-13-23(20(24)17-7-5-4-6-8-17)14-18-21-19(22-25-18)16-11-9-15(2)10-12-16/h3-12H,1,13-14H2,2H3. The van der Waals surface area contributed by atoms with Crippen LogP contribution >= 0.6 is 0 Å². The van der Waals surface area contributed by atoms with Crippen molar-refractivity contribution in [2.45, 2.75) is 13.5 Å². The fourth-order valence-corrected chi connectivity index (χ4v) is 2.44. The number of hydrogen-bond acceptors (Lipinski definition) is 4. The molecular weight excluding hydrogens is 314 g/mol. The highest BCUT2D eigenvalue weighted by Crippen LogP contribution is 2.17. The number of nitrogens with zero attached hydrogens (tertiary/aromatic N) is 3. The maximum absolute atomic E-state index is 12.6. The molecule has 0 aliphatic carbocycles. The molecule has 3 aromatic rings. The van der Waals surface area contributed by atoms with E-state index in [1.54, 1.807) is 23.1 Å². The first kappa shape index (κ1) is 16.6. The molecule has 1 heterocycles. The van der Waals surface area contributed by atoms with E-state index < -0.39 is 0 Å². The van der Waals surface area contributed by atoms with Crippen molar-refractivity contribution in [1.29, 1.82) is 0 Å². The second-order valence-electron chi connectivity index (χ2n) is 5.72. The van der Waals surface area contributed by atoms with Crippen LogP contribution in [0.15, 0.2) is 71.8 Å². The number of aromatic nitrogens is 2. The maximum Gasteiger partial charge on any atom is 0.254 e. The molecule has 0 radical (unpaired) electrons. The van der Waals surface area contributed by atoms with Crippen molar-refractivity contribution in [3.8, 4) is 11.4 Å². The Morgan fingerprint density at radius 1 is 1.16 bits per heavy atom. The van der Waals surface area contributed by atoms with Crippen molar-refractivity contribution in [1.82, 2.24) is 15.0 Å². The lowest BCUT2D eigenvalue weighted by Gasteiger charge is -2.19. The number of carbonyl (C=O) groups is 1. The summed E-state index contributed by atoms with van der Waals surface area (Å²) in [4.78, 5) is 18.7. The van der Waals surface area contributed by atoms with Crippen LogP contribution in [0.5, 0.6) is 0 Å². The van der Waals surface area contributed by atoms with Crippen molar-refractivity contribution < 1.29 is 9.32 Å². The summed E-state index contributed by atoms with van der Waals surface area (Å²) in [5, 5.41) is 4.01. The molecule has 1 aromatic heterocycles. The lowest BCUT2D eigenvalue weighted by atomic mass is 10.1. The Morgan fingerprint density at radius 3 is 2.56 bits per heavy atom. The summed E-state index contributed by atoms with van der Waals surface area (Å²) in [5.41, 5.74) is 2.66. The van der Waals surface area contributed by atoms with Crippen molar-refractivity contribution in [2.24, 2.45) is 0 Å². The molecule has 5 heteroatoms. The average molecular weight is 333 g/mol. The van der Waals surface area contributed by atoms with Crippen LogP contribution in [0.1, 0.15) is 21.8 Å². The minimum absolute atomic E-state index is 0.101. The van der Waals surface area contributed by atoms with Gasteiger partial charge in [0, 0.05) is 17.7 Å². The SMILES string of the molecule is C=CCN(Cc1nc(-c2ccc(C)cc2)no1)C(=O)c1ccccc1. The third-order valence-electron chi connectivity index (χ3n) is 3.76. The molecule has 0 aliphatic rings. The van der Waals surface area contributed by atoms with Crippen LogP contribution in [0.25, 0.3) is 11.4 Å². The topological polar surface area (TPSA) is 59.2 Å². The van der Waals surface area contributed by atoms with Gasteiger partial charge in [-0.1, -0.05) is 59.3 Å². The highest BCUT2D eigenvalue weighted by molar-refractivity contribution is 5.94. The fraction of sp³-hybridized carbons (Fsp3) is 0.150. The Labute approximate surface area is 146 Å². The quantitative estimate of drug-likeness (QED) is 0.643. The molecule has 5 nitrogen and oxygen atoms in total. The molecule has 0 bridgehead atoms. The number of amides is 1. The van der Waals surface area contributed by atoms with E-state index in [1.165, 1.54) is 0 Å². The van der Waals surface area contributed by atoms with Gasteiger partial charge in [-0.2, -0.15) is 4.98 Å². The van der Waals surface area contributed by atoms with Gasteiger partial charge in [-0.05, 0) is 19.1 Å². The lowest BCUT2D eigenvalue weighted by molar-refractivity contribution is 0.0745. The predicted molar refractivity (Wildman–Crippen MR) is 95.9 cm³/mol. The van der Waals surface area contributed by atoms with Gasteiger partial charge in [0.1, 0.15) is 6.54 Å². The van der Waals surface area contributed by atoms with Crippen LogP contribution in [-0.4, -0.2) is 27.5 Å². The summed E-state index contributed by atoms with van der Waals surface area (Å²) >= 11 is 0. The molecule has 25 heavy (non-hydrogen) atoms. The Kier molecular flexibility index (Phi) is 5.04. The van der Waals surface area contributed by atoms with E-state index in [-0.39, 0.29) is 12.5 Å². The van der Waals surface area contributed by atoms with Gasteiger partial charge in [-0.25, -0.2) is 0 Å². The Hall–Kier alpha value is -3.21. The molecule has 0 fully saturated rings. The first-order valence-electron chi connectivity index (χ1n) is 8.02. The minimum Gasteiger partial charge on any atom is -0.337 e. The maximum atomic E-state index is 12.6. The van der Waals surface area contributed by atoms with E-state index in [0.29, 0.717) is 23.8 Å². The summed E-state index contributed by atoms with van der Waals surface area (Å²) in [7, 11) is 0. The molecule has 0 saturated heterocycles. The molecule has 3 rings (SSSR count). The fourth-order valence-electron chi connectivity index (χ4n) is 2.44.